The number of likely N-dealkylation sites (tertiary alicyclic amines) is 1. The molecule has 3 aromatic heterocycles. The summed E-state index contributed by atoms with van der Waals surface area (Å²) in [6.45, 7) is 0.120. The average Bonchev–Trinajstić information content (AvgIpc) is 3.73. The minimum Gasteiger partial charge on any atom is -0.490 e. The molecular weight excluding hydrogens is 564 g/mol. The predicted octanol–water partition coefficient (Wildman–Crippen LogP) is 2.75. The van der Waals surface area contributed by atoms with Gasteiger partial charge in [-0.05, 0) is 31.0 Å². The Hall–Kier alpha value is -5.14. The molecule has 2 aromatic carbocycles. The normalized spacial score (nSPS) is 18.2. The Kier molecular flexibility index (Phi) is 6.40. The van der Waals surface area contributed by atoms with E-state index in [1.807, 2.05) is 0 Å². The Labute approximate surface area is 242 Å². The molecule has 2 aliphatic heterocycles. The molecule has 0 spiro atoms. The summed E-state index contributed by atoms with van der Waals surface area (Å²) in [4.78, 5) is 54.8. The number of ether oxygens (including phenoxy) is 2. The van der Waals surface area contributed by atoms with Crippen molar-refractivity contribution in [3.63, 3.8) is 0 Å². The molecule has 2 aliphatic rings. The van der Waals surface area contributed by atoms with Crippen molar-refractivity contribution in [2.45, 2.75) is 37.9 Å². The zero-order chi connectivity index (χ0) is 29.8. The van der Waals surface area contributed by atoms with E-state index in [1.54, 1.807) is 6.07 Å². The van der Waals surface area contributed by atoms with E-state index in [0.717, 1.165) is 0 Å². The van der Waals surface area contributed by atoms with Crippen LogP contribution in [-0.2, 0) is 20.9 Å². The number of hydrogen-bond donors (Lipinski definition) is 0. The minimum absolute atomic E-state index is 0.0472. The van der Waals surface area contributed by atoms with Gasteiger partial charge in [0.2, 0.25) is 11.9 Å². The predicted molar refractivity (Wildman–Crippen MR) is 148 cm³/mol. The highest BCUT2D eigenvalue weighted by Gasteiger charge is 2.36. The number of methoxy groups -OCH3 is 1. The second-order valence-corrected chi connectivity index (χ2v) is 10.4. The summed E-state index contributed by atoms with van der Waals surface area (Å²) in [6.07, 6.45) is 4.29. The average molecular weight is 590 g/mol. The van der Waals surface area contributed by atoms with Crippen molar-refractivity contribution in [2.24, 2.45) is 0 Å². The Balaban J connectivity index is 1.39. The van der Waals surface area contributed by atoms with Crippen LogP contribution in [0, 0.1) is 11.6 Å². The number of rotatable bonds is 5. The first kappa shape index (κ1) is 26.7. The first-order valence-corrected chi connectivity index (χ1v) is 13.7. The van der Waals surface area contributed by atoms with Crippen LogP contribution in [-0.4, -0.2) is 71.7 Å². The second-order valence-electron chi connectivity index (χ2n) is 10.4. The molecule has 14 heteroatoms. The fraction of sp³-hybridized carbons (Fsp3) is 0.310. The number of carbonyl (C=O) groups is 2. The quantitative estimate of drug-likeness (QED) is 0.287. The lowest BCUT2D eigenvalue weighted by Gasteiger charge is -2.27. The Morgan fingerprint density at radius 2 is 1.98 bits per heavy atom. The lowest BCUT2D eigenvalue weighted by molar-refractivity contribution is -0.151. The number of esters is 1. The molecule has 1 fully saturated rings. The minimum atomic E-state index is -0.732. The molecule has 0 radical (unpaired) electrons. The number of nitrogens with zero attached hydrogens (tertiary/aromatic N) is 7. The van der Waals surface area contributed by atoms with Crippen molar-refractivity contribution in [3.05, 3.63) is 76.6 Å². The van der Waals surface area contributed by atoms with Crippen LogP contribution in [0.2, 0.25) is 0 Å². The topological polar surface area (TPSA) is 126 Å². The molecule has 0 aliphatic carbocycles. The number of hydrogen-bond acceptors (Lipinski definition) is 8. The molecule has 2 atom stereocenters. The highest BCUT2D eigenvalue weighted by molar-refractivity contribution is 5.86. The largest absolute Gasteiger partial charge is 0.490 e. The van der Waals surface area contributed by atoms with E-state index in [2.05, 4.69) is 9.97 Å². The van der Waals surface area contributed by atoms with Crippen molar-refractivity contribution < 1.29 is 27.8 Å². The van der Waals surface area contributed by atoms with Gasteiger partial charge in [-0.2, -0.15) is 4.98 Å². The summed E-state index contributed by atoms with van der Waals surface area (Å²) in [7, 11) is 1.27. The van der Waals surface area contributed by atoms with Crippen molar-refractivity contribution >= 4 is 34.1 Å². The Morgan fingerprint density at radius 1 is 1.12 bits per heavy atom. The lowest BCUT2D eigenvalue weighted by atomic mass is 10.00. The molecule has 0 saturated carbocycles. The zero-order valence-corrected chi connectivity index (χ0v) is 22.9. The first-order valence-electron chi connectivity index (χ1n) is 13.7. The van der Waals surface area contributed by atoms with Crippen LogP contribution >= 0.6 is 0 Å². The zero-order valence-electron chi connectivity index (χ0n) is 22.9. The van der Waals surface area contributed by atoms with E-state index in [0.29, 0.717) is 42.4 Å². The SMILES string of the molecule is COC(=O)C1CCCN1C(=O)Cn1c(=O)n([C@@H]2CCOc3c(F)cccc32)c2nc(-n3cnc4ccc(F)cc43)ncc21. The smallest absolute Gasteiger partial charge is 0.331 e. The first-order chi connectivity index (χ1) is 20.9. The van der Waals surface area contributed by atoms with Gasteiger partial charge in [0.05, 0.1) is 37.0 Å². The van der Waals surface area contributed by atoms with Crippen molar-refractivity contribution in [1.82, 2.24) is 33.6 Å². The molecule has 220 valence electrons. The van der Waals surface area contributed by atoms with Crippen LogP contribution in [0.15, 0.2) is 53.7 Å². The standard InChI is InChI=1S/C29H25F2N7O5/c1-42-27(40)21-6-3-10-35(21)24(39)14-36-23-13-32-28(37-15-33-19-8-7-16(30)12-22(19)37)34-26(23)38(29(36)41)20-9-11-43-25-17(20)4-2-5-18(25)31/h2,4-5,7-8,12-13,15,20-21H,3,6,9-11,14H2,1H3/t20-,21?/m1/s1. The molecule has 5 aromatic rings. The van der Waals surface area contributed by atoms with Crippen LogP contribution < -0.4 is 10.4 Å². The van der Waals surface area contributed by atoms with Gasteiger partial charge >= 0.3 is 11.7 Å². The summed E-state index contributed by atoms with van der Waals surface area (Å²) in [5.74, 6) is -1.81. The van der Waals surface area contributed by atoms with Crippen LogP contribution in [0.25, 0.3) is 28.1 Å². The third-order valence-electron chi connectivity index (χ3n) is 8.06. The highest BCUT2D eigenvalue weighted by atomic mass is 19.1. The number of amides is 1. The Bertz CT molecular complexity index is 1980. The molecule has 43 heavy (non-hydrogen) atoms. The Morgan fingerprint density at radius 3 is 2.81 bits per heavy atom. The van der Waals surface area contributed by atoms with Gasteiger partial charge in [0.1, 0.15) is 30.2 Å². The highest BCUT2D eigenvalue weighted by Crippen LogP contribution is 2.37. The van der Waals surface area contributed by atoms with Gasteiger partial charge in [-0.3, -0.25) is 18.5 Å². The summed E-state index contributed by atoms with van der Waals surface area (Å²) in [6, 6.07) is 7.24. The number of benzene rings is 2. The van der Waals surface area contributed by atoms with Gasteiger partial charge in [-0.25, -0.2) is 28.3 Å². The summed E-state index contributed by atoms with van der Waals surface area (Å²) < 4.78 is 43.5. The molecule has 0 bridgehead atoms. The van der Waals surface area contributed by atoms with Crippen molar-refractivity contribution in [2.75, 3.05) is 20.3 Å². The lowest BCUT2D eigenvalue weighted by Crippen LogP contribution is -2.44. The maximum Gasteiger partial charge on any atom is 0.331 e. The van der Waals surface area contributed by atoms with Gasteiger partial charge in [-0.15, -0.1) is 0 Å². The van der Waals surface area contributed by atoms with Gasteiger partial charge in [0, 0.05) is 24.6 Å². The van der Waals surface area contributed by atoms with E-state index in [4.69, 9.17) is 14.5 Å². The maximum absolute atomic E-state index is 14.7. The summed E-state index contributed by atoms with van der Waals surface area (Å²) in [5, 5.41) is 0. The van der Waals surface area contributed by atoms with Gasteiger partial charge in [0.15, 0.2) is 17.2 Å². The van der Waals surface area contributed by atoms with Crippen LogP contribution in [0.3, 0.4) is 0 Å². The molecule has 5 heterocycles. The van der Waals surface area contributed by atoms with E-state index in [1.165, 1.54) is 68.6 Å². The summed E-state index contributed by atoms with van der Waals surface area (Å²) in [5.41, 5.74) is 1.28. The van der Waals surface area contributed by atoms with Gasteiger partial charge in [-0.1, -0.05) is 12.1 Å². The molecule has 1 saturated heterocycles. The molecule has 7 rings (SSSR count). The molecular formula is C29H25F2N7O5. The third-order valence-corrected chi connectivity index (χ3v) is 8.06. The number of fused-ring (bicyclic) bond motifs is 3. The van der Waals surface area contributed by atoms with Crippen LogP contribution in [0.1, 0.15) is 30.9 Å². The number of halogens is 2. The van der Waals surface area contributed by atoms with Gasteiger partial charge < -0.3 is 14.4 Å². The van der Waals surface area contributed by atoms with Crippen molar-refractivity contribution in [1.29, 1.82) is 0 Å². The number of carbonyl (C=O) groups excluding carboxylic acids is 2. The van der Waals surface area contributed by atoms with Crippen LogP contribution in [0.5, 0.6) is 5.75 Å². The number of aromatic nitrogens is 6. The molecule has 12 nitrogen and oxygen atoms in total. The van der Waals surface area contributed by atoms with Gasteiger partial charge in [0.25, 0.3) is 0 Å². The van der Waals surface area contributed by atoms with E-state index in [9.17, 15) is 23.2 Å². The van der Waals surface area contributed by atoms with E-state index in [-0.39, 0.29) is 36.0 Å². The third kappa shape index (κ3) is 4.32. The monoisotopic (exact) mass is 589 g/mol. The molecule has 1 unspecified atom stereocenters. The molecule has 0 N–H and O–H groups in total. The summed E-state index contributed by atoms with van der Waals surface area (Å²) >= 11 is 0. The van der Waals surface area contributed by atoms with E-state index >= 15 is 0 Å². The fourth-order valence-electron chi connectivity index (χ4n) is 6.05. The fourth-order valence-corrected chi connectivity index (χ4v) is 6.05. The number of imidazole rings is 2. The number of para-hydroxylation sites is 1. The second kappa shape index (κ2) is 10.3. The van der Waals surface area contributed by atoms with E-state index < -0.39 is 41.3 Å². The van der Waals surface area contributed by atoms with Crippen molar-refractivity contribution in [3.8, 4) is 11.7 Å². The van der Waals surface area contributed by atoms with Crippen LogP contribution in [0.4, 0.5) is 8.78 Å². The molecule has 1 amide bonds. The maximum atomic E-state index is 14.7.